The van der Waals surface area contributed by atoms with Crippen LogP contribution in [0, 0.1) is 6.92 Å². The summed E-state index contributed by atoms with van der Waals surface area (Å²) in [5.74, 6) is 1.16. The van der Waals surface area contributed by atoms with Crippen LogP contribution in [0.25, 0.3) is 15.9 Å². The zero-order chi connectivity index (χ0) is 17.4. The summed E-state index contributed by atoms with van der Waals surface area (Å²) in [6.45, 7) is 1.98. The standard InChI is InChI=1S/C17H13ClN4OS2/c1-10-11(18)3-2-4-13(10)22-7-6-19-17(22)25-9-14-20-12-5-8-24-15(12)16(23)21-14/h2-8H,9H2,1H3,(H,20,21,23). The van der Waals surface area contributed by atoms with Crippen molar-refractivity contribution in [1.82, 2.24) is 19.5 Å². The number of thioether (sulfide) groups is 1. The minimum Gasteiger partial charge on any atom is -0.309 e. The Morgan fingerprint density at radius 1 is 1.36 bits per heavy atom. The van der Waals surface area contributed by atoms with Gasteiger partial charge in [0.05, 0.1) is 17.0 Å². The molecular formula is C17H13ClN4OS2. The summed E-state index contributed by atoms with van der Waals surface area (Å²) in [4.78, 5) is 23.8. The van der Waals surface area contributed by atoms with Gasteiger partial charge in [0.1, 0.15) is 10.5 Å². The Bertz CT molecular complexity index is 1120. The molecule has 0 aliphatic heterocycles. The minimum absolute atomic E-state index is 0.0929. The number of rotatable bonds is 4. The second-order valence-corrected chi connectivity index (χ2v) is 7.67. The molecule has 0 fully saturated rings. The van der Waals surface area contributed by atoms with Crippen LogP contribution in [0.15, 0.2) is 52.0 Å². The van der Waals surface area contributed by atoms with Crippen LogP contribution in [0.4, 0.5) is 0 Å². The molecule has 1 N–H and O–H groups in total. The van der Waals surface area contributed by atoms with Crippen LogP contribution in [0.1, 0.15) is 11.4 Å². The normalized spacial score (nSPS) is 11.3. The summed E-state index contributed by atoms with van der Waals surface area (Å²) in [6, 6.07) is 7.65. The van der Waals surface area contributed by atoms with E-state index in [1.165, 1.54) is 23.1 Å². The van der Waals surface area contributed by atoms with Crippen LogP contribution in [-0.2, 0) is 5.75 Å². The molecule has 1 aromatic carbocycles. The lowest BCUT2D eigenvalue weighted by molar-refractivity contribution is 0.885. The van der Waals surface area contributed by atoms with Gasteiger partial charge in [0.2, 0.25) is 0 Å². The lowest BCUT2D eigenvalue weighted by atomic mass is 10.2. The molecule has 3 aromatic heterocycles. The van der Waals surface area contributed by atoms with Crippen LogP contribution in [0.2, 0.25) is 5.02 Å². The predicted octanol–water partition coefficient (Wildman–Crippen LogP) is 4.42. The smallest absolute Gasteiger partial charge is 0.268 e. The Kier molecular flexibility index (Phi) is 4.37. The number of thiophene rings is 1. The summed E-state index contributed by atoms with van der Waals surface area (Å²) in [5.41, 5.74) is 2.63. The molecule has 8 heteroatoms. The van der Waals surface area contributed by atoms with Gasteiger partial charge >= 0.3 is 0 Å². The molecule has 126 valence electrons. The third kappa shape index (κ3) is 3.10. The van der Waals surface area contributed by atoms with Crippen molar-refractivity contribution >= 4 is 44.9 Å². The quantitative estimate of drug-likeness (QED) is 0.525. The molecule has 4 rings (SSSR count). The van der Waals surface area contributed by atoms with Crippen molar-refractivity contribution in [3.8, 4) is 5.69 Å². The maximum Gasteiger partial charge on any atom is 0.268 e. The predicted molar refractivity (Wildman–Crippen MR) is 103 cm³/mol. The van der Waals surface area contributed by atoms with Crippen LogP contribution in [0.3, 0.4) is 0 Å². The molecule has 0 saturated carbocycles. The third-order valence-electron chi connectivity index (χ3n) is 3.81. The second-order valence-electron chi connectivity index (χ2n) is 5.40. The van der Waals surface area contributed by atoms with E-state index in [4.69, 9.17) is 11.6 Å². The highest BCUT2D eigenvalue weighted by molar-refractivity contribution is 7.98. The highest BCUT2D eigenvalue weighted by Crippen LogP contribution is 2.28. The first-order valence-corrected chi connectivity index (χ1v) is 9.76. The van der Waals surface area contributed by atoms with Gasteiger partial charge in [-0.3, -0.25) is 9.36 Å². The molecule has 0 saturated heterocycles. The first kappa shape index (κ1) is 16.4. The van der Waals surface area contributed by atoms with E-state index in [0.29, 0.717) is 16.3 Å². The third-order valence-corrected chi connectivity index (χ3v) is 6.10. The van der Waals surface area contributed by atoms with Gasteiger partial charge in [0.25, 0.3) is 5.56 Å². The first-order valence-electron chi connectivity index (χ1n) is 7.51. The Hall–Kier alpha value is -2.09. The Balaban J connectivity index is 1.63. The fourth-order valence-electron chi connectivity index (χ4n) is 2.56. The molecule has 3 heterocycles. The molecule has 0 aliphatic carbocycles. The van der Waals surface area contributed by atoms with Gasteiger partial charge in [-0.25, -0.2) is 9.97 Å². The van der Waals surface area contributed by atoms with Crippen molar-refractivity contribution in [2.75, 3.05) is 0 Å². The highest BCUT2D eigenvalue weighted by Gasteiger charge is 2.11. The van der Waals surface area contributed by atoms with Crippen LogP contribution in [-0.4, -0.2) is 19.5 Å². The van der Waals surface area contributed by atoms with Gasteiger partial charge in [0, 0.05) is 17.4 Å². The van der Waals surface area contributed by atoms with Crippen molar-refractivity contribution in [1.29, 1.82) is 0 Å². The van der Waals surface area contributed by atoms with Gasteiger partial charge < -0.3 is 4.98 Å². The fraction of sp³-hybridized carbons (Fsp3) is 0.118. The molecular weight excluding hydrogens is 376 g/mol. The molecule has 0 unspecified atom stereocenters. The average Bonchev–Trinajstić information content (AvgIpc) is 3.24. The molecule has 0 atom stereocenters. The van der Waals surface area contributed by atoms with E-state index in [9.17, 15) is 4.79 Å². The molecule has 0 bridgehead atoms. The van der Waals surface area contributed by atoms with Crippen LogP contribution in [0.5, 0.6) is 0 Å². The molecule has 0 spiro atoms. The van der Waals surface area contributed by atoms with Crippen molar-refractivity contribution in [3.05, 3.63) is 68.8 Å². The molecule has 5 nitrogen and oxygen atoms in total. The van der Waals surface area contributed by atoms with Gasteiger partial charge in [-0.2, -0.15) is 0 Å². The summed E-state index contributed by atoms with van der Waals surface area (Å²) >= 11 is 9.14. The molecule has 25 heavy (non-hydrogen) atoms. The fourth-order valence-corrected chi connectivity index (χ4v) is 4.29. The summed E-state index contributed by atoms with van der Waals surface area (Å²) in [6.07, 6.45) is 3.65. The number of hydrogen-bond donors (Lipinski definition) is 1. The maximum atomic E-state index is 12.1. The van der Waals surface area contributed by atoms with E-state index in [1.54, 1.807) is 6.20 Å². The van der Waals surface area contributed by atoms with E-state index < -0.39 is 0 Å². The zero-order valence-electron chi connectivity index (χ0n) is 13.2. The Labute approximate surface area is 156 Å². The minimum atomic E-state index is -0.0929. The number of fused-ring (bicyclic) bond motifs is 1. The van der Waals surface area contributed by atoms with E-state index in [1.807, 2.05) is 47.3 Å². The van der Waals surface area contributed by atoms with Gasteiger partial charge in [-0.1, -0.05) is 29.4 Å². The number of nitrogens with one attached hydrogen (secondary N) is 1. The van der Waals surface area contributed by atoms with Crippen molar-refractivity contribution in [2.45, 2.75) is 17.8 Å². The number of aromatic nitrogens is 4. The number of nitrogens with zero attached hydrogens (tertiary/aromatic N) is 3. The topological polar surface area (TPSA) is 63.6 Å². The summed E-state index contributed by atoms with van der Waals surface area (Å²) < 4.78 is 2.65. The maximum absolute atomic E-state index is 12.1. The SMILES string of the molecule is Cc1c(Cl)cccc1-n1ccnc1SCc1nc2ccsc2c(=O)[nH]1. The molecule has 0 amide bonds. The summed E-state index contributed by atoms with van der Waals surface area (Å²) in [7, 11) is 0. The van der Waals surface area contributed by atoms with Gasteiger partial charge in [0.15, 0.2) is 5.16 Å². The number of imidazole rings is 1. The van der Waals surface area contributed by atoms with Gasteiger partial charge in [-0.15, -0.1) is 11.3 Å². The molecule has 0 radical (unpaired) electrons. The Morgan fingerprint density at radius 3 is 3.12 bits per heavy atom. The number of H-pyrrole nitrogens is 1. The second kappa shape index (κ2) is 6.67. The van der Waals surface area contributed by atoms with E-state index >= 15 is 0 Å². The van der Waals surface area contributed by atoms with Gasteiger partial charge in [-0.05, 0) is 36.1 Å². The van der Waals surface area contributed by atoms with Crippen molar-refractivity contribution < 1.29 is 0 Å². The van der Waals surface area contributed by atoms with Crippen molar-refractivity contribution in [2.24, 2.45) is 0 Å². The van der Waals surface area contributed by atoms with Crippen molar-refractivity contribution in [3.63, 3.8) is 0 Å². The zero-order valence-corrected chi connectivity index (χ0v) is 15.6. The average molecular weight is 389 g/mol. The molecule has 0 aliphatic rings. The number of hydrogen-bond acceptors (Lipinski definition) is 5. The number of halogens is 1. The van der Waals surface area contributed by atoms with E-state index in [2.05, 4.69) is 15.0 Å². The first-order chi connectivity index (χ1) is 12.1. The lowest BCUT2D eigenvalue weighted by Crippen LogP contribution is -2.09. The summed E-state index contributed by atoms with van der Waals surface area (Å²) in [5, 5.41) is 3.41. The monoisotopic (exact) mass is 388 g/mol. The number of benzene rings is 1. The van der Waals surface area contributed by atoms with E-state index in [-0.39, 0.29) is 5.56 Å². The largest absolute Gasteiger partial charge is 0.309 e. The number of aromatic amines is 1. The highest BCUT2D eigenvalue weighted by atomic mass is 35.5. The van der Waals surface area contributed by atoms with Crippen LogP contribution >= 0.6 is 34.7 Å². The van der Waals surface area contributed by atoms with Crippen LogP contribution < -0.4 is 5.56 Å². The Morgan fingerprint density at radius 2 is 2.24 bits per heavy atom. The molecule has 4 aromatic rings. The lowest BCUT2D eigenvalue weighted by Gasteiger charge is -2.11. The van der Waals surface area contributed by atoms with E-state index in [0.717, 1.165) is 26.9 Å².